The number of halogens is 1. The molecular weight excluding hydrogens is 358 g/mol. The highest BCUT2D eigenvalue weighted by Crippen LogP contribution is 2.26. The van der Waals surface area contributed by atoms with Gasteiger partial charge in [-0.05, 0) is 37.0 Å². The summed E-state index contributed by atoms with van der Waals surface area (Å²) >= 11 is 3.41. The van der Waals surface area contributed by atoms with E-state index in [1.807, 2.05) is 24.3 Å². The van der Waals surface area contributed by atoms with Crippen molar-refractivity contribution >= 4 is 21.9 Å². The molecule has 1 saturated heterocycles. The second kappa shape index (κ2) is 8.27. The van der Waals surface area contributed by atoms with Gasteiger partial charge in [-0.15, -0.1) is 0 Å². The first-order chi connectivity index (χ1) is 11.2. The molecule has 1 aromatic rings. The number of esters is 1. The molecule has 0 aromatic heterocycles. The summed E-state index contributed by atoms with van der Waals surface area (Å²) in [6, 6.07) is 8.21. The molecule has 1 heterocycles. The number of hydrogen-bond acceptors (Lipinski definition) is 4. The normalized spacial score (nSPS) is 26.0. The van der Waals surface area contributed by atoms with Gasteiger partial charge in [0, 0.05) is 23.6 Å². The fourth-order valence-electron chi connectivity index (χ4n) is 3.52. The molecule has 1 unspecified atom stereocenters. The van der Waals surface area contributed by atoms with Crippen LogP contribution < -0.4 is 0 Å². The predicted molar refractivity (Wildman–Crippen MR) is 92.4 cm³/mol. The minimum Gasteiger partial charge on any atom is -0.460 e. The van der Waals surface area contributed by atoms with E-state index in [0.717, 1.165) is 55.6 Å². The monoisotopic (exact) mass is 381 g/mol. The summed E-state index contributed by atoms with van der Waals surface area (Å²) in [6.45, 7) is 3.48. The molecule has 1 aromatic carbocycles. The third-order valence-corrected chi connectivity index (χ3v) is 5.26. The lowest BCUT2D eigenvalue weighted by Gasteiger charge is -2.41. The fraction of sp³-hybridized carbons (Fsp3) is 0.611. The zero-order chi connectivity index (χ0) is 16.1. The summed E-state index contributed by atoms with van der Waals surface area (Å²) in [6.07, 6.45) is 4.86. The second-order valence-corrected chi connectivity index (χ2v) is 7.25. The van der Waals surface area contributed by atoms with Crippen LogP contribution in [0, 0.1) is 0 Å². The standard InChI is InChI=1S/C18H24BrNO3/c19-15-7-5-14(6-8-15)13-18(21)23-17-4-2-1-3-16(17)20-9-11-22-12-10-20/h5-8,16-17H,1-4,9-13H2/t16?,17-/m0/s1. The molecule has 2 atom stereocenters. The number of benzene rings is 1. The number of nitrogens with zero attached hydrogens (tertiary/aromatic N) is 1. The maximum atomic E-state index is 12.3. The van der Waals surface area contributed by atoms with E-state index in [1.165, 1.54) is 6.42 Å². The Labute approximate surface area is 146 Å². The van der Waals surface area contributed by atoms with Crippen molar-refractivity contribution in [1.29, 1.82) is 0 Å². The van der Waals surface area contributed by atoms with E-state index < -0.39 is 0 Å². The van der Waals surface area contributed by atoms with Gasteiger partial charge in [-0.1, -0.05) is 34.5 Å². The summed E-state index contributed by atoms with van der Waals surface area (Å²) in [4.78, 5) is 14.8. The number of carbonyl (C=O) groups is 1. The molecule has 1 aliphatic heterocycles. The second-order valence-electron chi connectivity index (χ2n) is 6.33. The van der Waals surface area contributed by atoms with Crippen LogP contribution in [0.25, 0.3) is 0 Å². The highest BCUT2D eigenvalue weighted by molar-refractivity contribution is 9.10. The molecule has 2 fully saturated rings. The first-order valence-electron chi connectivity index (χ1n) is 8.48. The number of rotatable bonds is 4. The number of morpholine rings is 1. The van der Waals surface area contributed by atoms with Gasteiger partial charge < -0.3 is 9.47 Å². The smallest absolute Gasteiger partial charge is 0.310 e. The van der Waals surface area contributed by atoms with Crippen LogP contribution in [-0.2, 0) is 20.7 Å². The van der Waals surface area contributed by atoms with Gasteiger partial charge in [0.05, 0.1) is 19.6 Å². The molecule has 0 radical (unpaired) electrons. The fourth-order valence-corrected chi connectivity index (χ4v) is 3.79. The van der Waals surface area contributed by atoms with Crippen LogP contribution in [0.3, 0.4) is 0 Å². The molecule has 0 N–H and O–H groups in total. The Balaban J connectivity index is 1.57. The van der Waals surface area contributed by atoms with E-state index in [9.17, 15) is 4.79 Å². The molecule has 1 saturated carbocycles. The van der Waals surface area contributed by atoms with E-state index in [2.05, 4.69) is 20.8 Å². The van der Waals surface area contributed by atoms with Gasteiger partial charge in [-0.25, -0.2) is 0 Å². The quantitative estimate of drug-likeness (QED) is 0.750. The Hall–Kier alpha value is -0.910. The minimum absolute atomic E-state index is 0.0322. The van der Waals surface area contributed by atoms with Crippen molar-refractivity contribution in [3.05, 3.63) is 34.3 Å². The maximum Gasteiger partial charge on any atom is 0.310 e. The summed E-state index contributed by atoms with van der Waals surface area (Å²) < 4.78 is 12.3. The summed E-state index contributed by atoms with van der Waals surface area (Å²) in [5, 5.41) is 0. The molecule has 23 heavy (non-hydrogen) atoms. The number of hydrogen-bond donors (Lipinski definition) is 0. The van der Waals surface area contributed by atoms with E-state index in [0.29, 0.717) is 12.5 Å². The highest BCUT2D eigenvalue weighted by atomic mass is 79.9. The van der Waals surface area contributed by atoms with E-state index in [1.54, 1.807) is 0 Å². The van der Waals surface area contributed by atoms with Crippen LogP contribution in [0.5, 0.6) is 0 Å². The van der Waals surface area contributed by atoms with Crippen LogP contribution >= 0.6 is 15.9 Å². The van der Waals surface area contributed by atoms with E-state index in [4.69, 9.17) is 9.47 Å². The predicted octanol–water partition coefficient (Wildman–Crippen LogP) is 3.18. The van der Waals surface area contributed by atoms with Crippen LogP contribution in [0.1, 0.15) is 31.2 Å². The topological polar surface area (TPSA) is 38.8 Å². The Morgan fingerprint density at radius 1 is 1.17 bits per heavy atom. The van der Waals surface area contributed by atoms with Gasteiger partial charge in [0.15, 0.2) is 0 Å². The summed E-state index contributed by atoms with van der Waals surface area (Å²) in [5.41, 5.74) is 0.997. The van der Waals surface area contributed by atoms with E-state index >= 15 is 0 Å². The lowest BCUT2D eigenvalue weighted by Crippen LogP contribution is -2.51. The molecule has 4 nitrogen and oxygen atoms in total. The molecule has 5 heteroatoms. The van der Waals surface area contributed by atoms with Gasteiger partial charge in [0.25, 0.3) is 0 Å². The lowest BCUT2D eigenvalue weighted by molar-refractivity contribution is -0.155. The number of ether oxygens (including phenoxy) is 2. The third kappa shape index (κ3) is 4.78. The maximum absolute atomic E-state index is 12.3. The van der Waals surface area contributed by atoms with Crippen LogP contribution in [0.15, 0.2) is 28.7 Å². The van der Waals surface area contributed by atoms with Crippen molar-refractivity contribution in [1.82, 2.24) is 4.90 Å². The number of carbonyl (C=O) groups excluding carboxylic acids is 1. The largest absolute Gasteiger partial charge is 0.460 e. The Kier molecular flexibility index (Phi) is 6.08. The van der Waals surface area contributed by atoms with Gasteiger partial charge >= 0.3 is 5.97 Å². The summed E-state index contributed by atoms with van der Waals surface area (Å²) in [7, 11) is 0. The average Bonchev–Trinajstić information content (AvgIpc) is 2.58. The van der Waals surface area contributed by atoms with E-state index in [-0.39, 0.29) is 12.1 Å². The summed E-state index contributed by atoms with van der Waals surface area (Å²) in [5.74, 6) is -0.113. The molecule has 0 bridgehead atoms. The van der Waals surface area contributed by atoms with Crippen LogP contribution in [0.2, 0.25) is 0 Å². The molecule has 3 rings (SSSR count). The Morgan fingerprint density at radius 2 is 1.87 bits per heavy atom. The van der Waals surface area contributed by atoms with Crippen LogP contribution in [0.4, 0.5) is 0 Å². The first kappa shape index (κ1) is 16.9. The van der Waals surface area contributed by atoms with Crippen molar-refractivity contribution in [3.8, 4) is 0 Å². The first-order valence-corrected chi connectivity index (χ1v) is 9.27. The van der Waals surface area contributed by atoms with Crippen molar-refractivity contribution in [2.45, 2.75) is 44.2 Å². The van der Waals surface area contributed by atoms with Crippen molar-refractivity contribution in [2.24, 2.45) is 0 Å². The Morgan fingerprint density at radius 3 is 2.61 bits per heavy atom. The van der Waals surface area contributed by atoms with Crippen molar-refractivity contribution < 1.29 is 14.3 Å². The molecule has 2 aliphatic rings. The van der Waals surface area contributed by atoms with Gasteiger partial charge in [-0.2, -0.15) is 0 Å². The lowest BCUT2D eigenvalue weighted by atomic mass is 9.91. The van der Waals surface area contributed by atoms with Crippen molar-refractivity contribution in [2.75, 3.05) is 26.3 Å². The molecule has 1 aliphatic carbocycles. The van der Waals surface area contributed by atoms with Gasteiger partial charge in [0.1, 0.15) is 6.10 Å². The minimum atomic E-state index is -0.113. The molecule has 0 amide bonds. The molecular formula is C18H24BrNO3. The average molecular weight is 382 g/mol. The molecule has 0 spiro atoms. The SMILES string of the molecule is O=C(Cc1ccc(Br)cc1)O[C@H]1CCCCC1N1CCOCC1. The van der Waals surface area contributed by atoms with Crippen molar-refractivity contribution in [3.63, 3.8) is 0 Å². The highest BCUT2D eigenvalue weighted by Gasteiger charge is 2.33. The third-order valence-electron chi connectivity index (χ3n) is 4.73. The molecule has 126 valence electrons. The Bertz CT molecular complexity index is 514. The van der Waals surface area contributed by atoms with Gasteiger partial charge in [0.2, 0.25) is 0 Å². The van der Waals surface area contributed by atoms with Gasteiger partial charge in [-0.3, -0.25) is 9.69 Å². The van der Waals surface area contributed by atoms with Crippen LogP contribution in [-0.4, -0.2) is 49.3 Å². The zero-order valence-corrected chi connectivity index (χ0v) is 15.0. The zero-order valence-electron chi connectivity index (χ0n) is 13.4.